The second kappa shape index (κ2) is 6.44. The van der Waals surface area contributed by atoms with E-state index >= 15 is 0 Å². The van der Waals surface area contributed by atoms with Gasteiger partial charge in [-0.3, -0.25) is 0 Å². The van der Waals surface area contributed by atoms with Crippen LogP contribution in [0.15, 0.2) is 42.6 Å². The lowest BCUT2D eigenvalue weighted by Crippen LogP contribution is -2.18. The van der Waals surface area contributed by atoms with E-state index in [0.29, 0.717) is 0 Å². The Balaban J connectivity index is 2.06. The predicted octanol–water partition coefficient (Wildman–Crippen LogP) is 4.22. The molecule has 96 valence electrons. The largest absolute Gasteiger partial charge is 0.369 e. The van der Waals surface area contributed by atoms with Gasteiger partial charge in [-0.1, -0.05) is 43.7 Å². The molecule has 0 fully saturated rings. The molecule has 0 spiro atoms. The predicted molar refractivity (Wildman–Crippen MR) is 78.5 cm³/mol. The quantitative estimate of drug-likeness (QED) is 0.746. The van der Waals surface area contributed by atoms with Crippen LogP contribution in [0.3, 0.4) is 0 Å². The third-order valence-corrected chi connectivity index (χ3v) is 3.49. The van der Waals surface area contributed by atoms with Gasteiger partial charge in [0.1, 0.15) is 0 Å². The van der Waals surface area contributed by atoms with Crippen molar-refractivity contribution < 1.29 is 0 Å². The topological polar surface area (TPSA) is 3.24 Å². The van der Waals surface area contributed by atoms with Gasteiger partial charge in [0, 0.05) is 13.1 Å². The molecule has 0 unspecified atom stereocenters. The number of allylic oxidation sites excluding steroid dienone is 2. The van der Waals surface area contributed by atoms with E-state index in [-0.39, 0.29) is 0 Å². The number of hydrogen-bond donors (Lipinski definition) is 0. The van der Waals surface area contributed by atoms with Crippen LogP contribution in [-0.4, -0.2) is 11.4 Å². The molecule has 1 heteroatoms. The fourth-order valence-corrected chi connectivity index (χ4v) is 2.27. The minimum absolute atomic E-state index is 1.02. The summed E-state index contributed by atoms with van der Waals surface area (Å²) in [5, 5.41) is 0. The number of benzene rings is 1. The van der Waals surface area contributed by atoms with Crippen LogP contribution in [0.2, 0.25) is 0 Å². The molecule has 0 saturated heterocycles. The van der Waals surface area contributed by atoms with Gasteiger partial charge >= 0.3 is 0 Å². The van der Waals surface area contributed by atoms with Gasteiger partial charge in [-0.15, -0.1) is 0 Å². The van der Waals surface area contributed by atoms with Crippen LogP contribution < -0.4 is 0 Å². The Kier molecular flexibility index (Phi) is 4.63. The molecule has 1 aromatic carbocycles. The van der Waals surface area contributed by atoms with E-state index in [9.17, 15) is 0 Å². The maximum atomic E-state index is 2.39. The van der Waals surface area contributed by atoms with E-state index in [0.717, 1.165) is 13.1 Å². The number of rotatable bonds is 5. The molecule has 0 radical (unpaired) electrons. The highest BCUT2D eigenvalue weighted by Gasteiger charge is 2.05. The summed E-state index contributed by atoms with van der Waals surface area (Å²) >= 11 is 0. The molecule has 2 rings (SSSR count). The third kappa shape index (κ3) is 3.49. The van der Waals surface area contributed by atoms with E-state index < -0.39 is 0 Å². The summed E-state index contributed by atoms with van der Waals surface area (Å²) in [5.41, 5.74) is 4.34. The fourth-order valence-electron chi connectivity index (χ4n) is 2.27. The summed E-state index contributed by atoms with van der Waals surface area (Å²) in [4.78, 5) is 2.35. The van der Waals surface area contributed by atoms with Crippen molar-refractivity contribution in [2.24, 2.45) is 0 Å². The van der Waals surface area contributed by atoms with E-state index in [4.69, 9.17) is 0 Å². The Morgan fingerprint density at radius 1 is 1.22 bits per heavy atom. The molecule has 0 aromatic heterocycles. The molecule has 1 aromatic rings. The Morgan fingerprint density at radius 2 is 2.11 bits per heavy atom. The van der Waals surface area contributed by atoms with Crippen molar-refractivity contribution >= 4 is 0 Å². The fraction of sp³-hybridized carbons (Fsp3) is 0.412. The summed E-state index contributed by atoms with van der Waals surface area (Å²) in [6.45, 7) is 6.50. The van der Waals surface area contributed by atoms with Gasteiger partial charge in [-0.25, -0.2) is 0 Å². The lowest BCUT2D eigenvalue weighted by Gasteiger charge is -2.22. The summed E-state index contributed by atoms with van der Waals surface area (Å²) in [7, 11) is 0. The number of hydrogen-bond acceptors (Lipinski definition) is 1. The van der Waals surface area contributed by atoms with E-state index in [2.05, 4.69) is 61.4 Å². The van der Waals surface area contributed by atoms with Crippen LogP contribution in [0.1, 0.15) is 36.5 Å². The molecular formula is C17H23N. The van der Waals surface area contributed by atoms with E-state index in [1.165, 1.54) is 36.0 Å². The first-order chi connectivity index (χ1) is 8.79. The average molecular weight is 241 g/mol. The molecule has 0 aliphatic carbocycles. The third-order valence-electron chi connectivity index (χ3n) is 3.49. The molecule has 1 aliphatic rings. The molecule has 0 atom stereocenters. The molecule has 1 heterocycles. The standard InChI is InChI=1S/C17H23N/c1-3-4-8-16-10-9-15(2)17(13-16)14-18-11-6-5-7-12-18/h5-7,9-11,13H,3-4,8,12,14H2,1-2H3. The van der Waals surface area contributed by atoms with Gasteiger partial charge < -0.3 is 4.90 Å². The zero-order valence-corrected chi connectivity index (χ0v) is 11.5. The molecule has 1 aliphatic heterocycles. The maximum Gasteiger partial charge on any atom is 0.0430 e. The van der Waals surface area contributed by atoms with Crippen molar-refractivity contribution in [3.8, 4) is 0 Å². The lowest BCUT2D eigenvalue weighted by atomic mass is 10.0. The summed E-state index contributed by atoms with van der Waals surface area (Å²) in [5.74, 6) is 0. The highest BCUT2D eigenvalue weighted by Crippen LogP contribution is 2.16. The Labute approximate surface area is 111 Å². The van der Waals surface area contributed by atoms with Crippen molar-refractivity contribution in [3.63, 3.8) is 0 Å². The maximum absolute atomic E-state index is 2.39. The molecular weight excluding hydrogens is 218 g/mol. The average Bonchev–Trinajstić information content (AvgIpc) is 2.41. The first-order valence-electron chi connectivity index (χ1n) is 6.95. The highest BCUT2D eigenvalue weighted by molar-refractivity contribution is 5.31. The van der Waals surface area contributed by atoms with Crippen LogP contribution in [0.4, 0.5) is 0 Å². The number of unbranched alkanes of at least 4 members (excludes halogenated alkanes) is 1. The minimum Gasteiger partial charge on any atom is -0.369 e. The highest BCUT2D eigenvalue weighted by atomic mass is 15.1. The Morgan fingerprint density at radius 3 is 2.83 bits per heavy atom. The second-order valence-electron chi connectivity index (χ2n) is 5.06. The molecule has 1 nitrogen and oxygen atoms in total. The van der Waals surface area contributed by atoms with Gasteiger partial charge in [-0.05, 0) is 48.7 Å². The van der Waals surface area contributed by atoms with Crippen molar-refractivity contribution in [3.05, 3.63) is 59.3 Å². The van der Waals surface area contributed by atoms with Crippen molar-refractivity contribution in [2.45, 2.75) is 39.7 Å². The Bertz CT molecular complexity index is 443. The van der Waals surface area contributed by atoms with Crippen LogP contribution in [0.5, 0.6) is 0 Å². The van der Waals surface area contributed by atoms with Crippen molar-refractivity contribution in [1.29, 1.82) is 0 Å². The lowest BCUT2D eigenvalue weighted by molar-refractivity contribution is 0.404. The SMILES string of the molecule is CCCCc1ccc(C)c(CN2C=CC=CC2)c1. The second-order valence-corrected chi connectivity index (χ2v) is 5.06. The van der Waals surface area contributed by atoms with Gasteiger partial charge in [0.05, 0.1) is 0 Å². The smallest absolute Gasteiger partial charge is 0.0430 e. The molecule has 0 bridgehead atoms. The van der Waals surface area contributed by atoms with Crippen LogP contribution in [-0.2, 0) is 13.0 Å². The molecule has 0 N–H and O–H groups in total. The zero-order chi connectivity index (χ0) is 12.8. The first-order valence-corrected chi connectivity index (χ1v) is 6.95. The minimum atomic E-state index is 1.02. The number of aryl methyl sites for hydroxylation is 2. The van der Waals surface area contributed by atoms with Crippen molar-refractivity contribution in [1.82, 2.24) is 4.90 Å². The van der Waals surface area contributed by atoms with E-state index in [1.54, 1.807) is 0 Å². The van der Waals surface area contributed by atoms with Gasteiger partial charge in [0.2, 0.25) is 0 Å². The van der Waals surface area contributed by atoms with Gasteiger partial charge in [0.25, 0.3) is 0 Å². The van der Waals surface area contributed by atoms with Crippen LogP contribution in [0, 0.1) is 6.92 Å². The summed E-state index contributed by atoms with van der Waals surface area (Å²) in [6, 6.07) is 6.93. The normalized spacial score (nSPS) is 14.2. The molecule has 0 amide bonds. The molecule has 0 saturated carbocycles. The monoisotopic (exact) mass is 241 g/mol. The van der Waals surface area contributed by atoms with E-state index in [1.807, 2.05) is 0 Å². The van der Waals surface area contributed by atoms with Crippen LogP contribution >= 0.6 is 0 Å². The number of nitrogens with zero attached hydrogens (tertiary/aromatic N) is 1. The first kappa shape index (κ1) is 12.9. The Hall–Kier alpha value is -1.50. The molecule has 18 heavy (non-hydrogen) atoms. The van der Waals surface area contributed by atoms with Crippen molar-refractivity contribution in [2.75, 3.05) is 6.54 Å². The summed E-state index contributed by atoms with van der Waals surface area (Å²) in [6.07, 6.45) is 12.4. The zero-order valence-electron chi connectivity index (χ0n) is 11.5. The van der Waals surface area contributed by atoms with Gasteiger partial charge in [0.15, 0.2) is 0 Å². The van der Waals surface area contributed by atoms with Gasteiger partial charge in [-0.2, -0.15) is 0 Å². The van der Waals surface area contributed by atoms with Crippen LogP contribution in [0.25, 0.3) is 0 Å². The summed E-state index contributed by atoms with van der Waals surface area (Å²) < 4.78 is 0.